The van der Waals surface area contributed by atoms with Crippen LogP contribution in [0.2, 0.25) is 0 Å². The first-order valence-corrected chi connectivity index (χ1v) is 8.31. The van der Waals surface area contributed by atoms with Gasteiger partial charge < -0.3 is 18.9 Å². The van der Waals surface area contributed by atoms with Crippen LogP contribution in [0.1, 0.15) is 27.9 Å². The molecule has 0 radical (unpaired) electrons. The smallest absolute Gasteiger partial charge is 0.309 e. The first-order valence-electron chi connectivity index (χ1n) is 8.31. The molecular formula is C20H20O6. The molecule has 2 aromatic carbocycles. The monoisotopic (exact) mass is 356 g/mol. The minimum absolute atomic E-state index is 0.0712. The molecule has 0 fully saturated rings. The van der Waals surface area contributed by atoms with Crippen LogP contribution in [0.15, 0.2) is 36.4 Å². The van der Waals surface area contributed by atoms with Gasteiger partial charge in [0, 0.05) is 5.56 Å². The molecule has 0 spiro atoms. The van der Waals surface area contributed by atoms with Crippen LogP contribution in [-0.2, 0) is 9.53 Å². The Morgan fingerprint density at radius 2 is 1.85 bits per heavy atom. The lowest BCUT2D eigenvalue weighted by atomic mass is 10.1. The summed E-state index contributed by atoms with van der Waals surface area (Å²) >= 11 is 0. The van der Waals surface area contributed by atoms with Gasteiger partial charge in [-0.1, -0.05) is 17.7 Å². The third-order valence-corrected chi connectivity index (χ3v) is 3.95. The van der Waals surface area contributed by atoms with Crippen molar-refractivity contribution >= 4 is 11.8 Å². The number of ketones is 1. The van der Waals surface area contributed by atoms with Gasteiger partial charge in [0.15, 0.2) is 23.9 Å². The van der Waals surface area contributed by atoms with E-state index in [4.69, 9.17) is 18.9 Å². The number of rotatable bonds is 7. The number of ether oxygens (including phenoxy) is 4. The van der Waals surface area contributed by atoms with Crippen LogP contribution in [0.3, 0.4) is 0 Å². The van der Waals surface area contributed by atoms with Crippen LogP contribution in [0.5, 0.6) is 17.2 Å². The number of benzene rings is 2. The first-order chi connectivity index (χ1) is 12.5. The Hall–Kier alpha value is -3.02. The summed E-state index contributed by atoms with van der Waals surface area (Å²) in [7, 11) is 0. The molecule has 26 heavy (non-hydrogen) atoms. The SMILES string of the molecule is Cc1ccc(OCCC(=O)OCC(=O)c2ccc3c(c2)OCO3)c(C)c1. The highest BCUT2D eigenvalue weighted by molar-refractivity contribution is 5.98. The van der Waals surface area contributed by atoms with Gasteiger partial charge in [0.1, 0.15) is 5.75 Å². The number of carbonyl (C=O) groups excluding carboxylic acids is 2. The summed E-state index contributed by atoms with van der Waals surface area (Å²) in [5, 5.41) is 0. The van der Waals surface area contributed by atoms with Gasteiger partial charge in [0.2, 0.25) is 6.79 Å². The van der Waals surface area contributed by atoms with E-state index in [-0.39, 0.29) is 32.2 Å². The van der Waals surface area contributed by atoms with Crippen LogP contribution in [-0.4, -0.2) is 31.8 Å². The molecule has 1 aliphatic rings. The third-order valence-electron chi connectivity index (χ3n) is 3.95. The van der Waals surface area contributed by atoms with Crippen LogP contribution < -0.4 is 14.2 Å². The van der Waals surface area contributed by atoms with Crippen LogP contribution in [0, 0.1) is 13.8 Å². The van der Waals surface area contributed by atoms with Gasteiger partial charge in [-0.25, -0.2) is 0 Å². The van der Waals surface area contributed by atoms with Crippen LogP contribution in [0.25, 0.3) is 0 Å². The molecule has 0 unspecified atom stereocenters. The summed E-state index contributed by atoms with van der Waals surface area (Å²) in [5.41, 5.74) is 2.57. The zero-order valence-corrected chi connectivity index (χ0v) is 14.7. The van der Waals surface area contributed by atoms with Crippen molar-refractivity contribution in [3.8, 4) is 17.2 Å². The van der Waals surface area contributed by atoms with Gasteiger partial charge in [-0.05, 0) is 43.7 Å². The highest BCUT2D eigenvalue weighted by Gasteiger charge is 2.17. The van der Waals surface area contributed by atoms with Gasteiger partial charge in [0.25, 0.3) is 0 Å². The van der Waals surface area contributed by atoms with E-state index in [1.165, 1.54) is 0 Å². The number of carbonyl (C=O) groups is 2. The standard InChI is InChI=1S/C20H20O6/c1-13-3-5-17(14(2)9-13)23-8-7-20(22)24-11-16(21)15-4-6-18-19(10-15)26-12-25-18/h3-6,9-10H,7-8,11-12H2,1-2H3. The molecular weight excluding hydrogens is 336 g/mol. The fourth-order valence-corrected chi connectivity index (χ4v) is 2.58. The maximum atomic E-state index is 12.1. The third kappa shape index (κ3) is 4.33. The normalized spacial score (nSPS) is 11.9. The van der Waals surface area contributed by atoms with Crippen molar-refractivity contribution < 1.29 is 28.5 Å². The van der Waals surface area contributed by atoms with E-state index in [1.807, 2.05) is 32.0 Å². The predicted octanol–water partition coefficient (Wildman–Crippen LogP) is 3.23. The summed E-state index contributed by atoms with van der Waals surface area (Å²) in [6.45, 7) is 3.97. The number of fused-ring (bicyclic) bond motifs is 1. The minimum Gasteiger partial charge on any atom is -0.493 e. The molecule has 136 valence electrons. The molecule has 0 aromatic heterocycles. The zero-order chi connectivity index (χ0) is 18.5. The fraction of sp³-hybridized carbons (Fsp3) is 0.300. The van der Waals surface area contributed by atoms with E-state index in [2.05, 4.69) is 0 Å². The van der Waals surface area contributed by atoms with Crippen molar-refractivity contribution in [2.75, 3.05) is 20.0 Å². The summed E-state index contributed by atoms with van der Waals surface area (Å²) in [5.74, 6) is 1.07. The Morgan fingerprint density at radius 1 is 1.04 bits per heavy atom. The second-order valence-electron chi connectivity index (χ2n) is 6.02. The zero-order valence-electron chi connectivity index (χ0n) is 14.7. The molecule has 0 saturated carbocycles. The van der Waals surface area contributed by atoms with Crippen LogP contribution in [0.4, 0.5) is 0 Å². The van der Waals surface area contributed by atoms with Gasteiger partial charge in [-0.2, -0.15) is 0 Å². The average Bonchev–Trinajstić information content (AvgIpc) is 3.09. The fourth-order valence-electron chi connectivity index (χ4n) is 2.58. The first kappa shape index (κ1) is 17.8. The molecule has 3 rings (SSSR count). The molecule has 0 aliphatic carbocycles. The lowest BCUT2D eigenvalue weighted by Gasteiger charge is -2.09. The number of esters is 1. The molecule has 0 bridgehead atoms. The Bertz CT molecular complexity index is 827. The Kier molecular flexibility index (Phi) is 5.41. The molecule has 2 aromatic rings. The Morgan fingerprint density at radius 3 is 2.65 bits per heavy atom. The van der Waals surface area contributed by atoms with E-state index in [0.717, 1.165) is 16.9 Å². The summed E-state index contributed by atoms with van der Waals surface area (Å²) in [4.78, 5) is 23.9. The van der Waals surface area contributed by atoms with Gasteiger partial charge >= 0.3 is 5.97 Å². The molecule has 0 atom stereocenters. The Balaban J connectivity index is 1.43. The number of hydrogen-bond donors (Lipinski definition) is 0. The molecule has 0 amide bonds. The number of hydrogen-bond acceptors (Lipinski definition) is 6. The quantitative estimate of drug-likeness (QED) is 0.560. The van der Waals surface area contributed by atoms with Crippen LogP contribution >= 0.6 is 0 Å². The van der Waals surface area contributed by atoms with E-state index < -0.39 is 5.97 Å². The summed E-state index contributed by atoms with van der Waals surface area (Å²) < 4.78 is 21.0. The van der Waals surface area contributed by atoms with Gasteiger partial charge in [0.05, 0.1) is 13.0 Å². The van der Waals surface area contributed by atoms with E-state index in [1.54, 1.807) is 18.2 Å². The highest BCUT2D eigenvalue weighted by Crippen LogP contribution is 2.32. The van der Waals surface area contributed by atoms with Crippen molar-refractivity contribution in [1.82, 2.24) is 0 Å². The minimum atomic E-state index is -0.483. The lowest BCUT2D eigenvalue weighted by Crippen LogP contribution is -2.16. The lowest BCUT2D eigenvalue weighted by molar-refractivity contribution is -0.143. The summed E-state index contributed by atoms with van der Waals surface area (Å²) in [6.07, 6.45) is 0.0712. The van der Waals surface area contributed by atoms with Crippen molar-refractivity contribution in [1.29, 1.82) is 0 Å². The topological polar surface area (TPSA) is 71.1 Å². The van der Waals surface area contributed by atoms with Crippen molar-refractivity contribution in [2.24, 2.45) is 0 Å². The van der Waals surface area contributed by atoms with E-state index >= 15 is 0 Å². The maximum Gasteiger partial charge on any atom is 0.309 e. The van der Waals surface area contributed by atoms with Gasteiger partial charge in [-0.3, -0.25) is 9.59 Å². The molecule has 1 heterocycles. The molecule has 1 aliphatic heterocycles. The van der Waals surface area contributed by atoms with E-state index in [0.29, 0.717) is 17.1 Å². The molecule has 6 nitrogen and oxygen atoms in total. The number of aryl methyl sites for hydroxylation is 2. The predicted molar refractivity (Wildman–Crippen MR) is 93.9 cm³/mol. The van der Waals surface area contributed by atoms with E-state index in [9.17, 15) is 9.59 Å². The Labute approximate surface area is 151 Å². The molecule has 6 heteroatoms. The molecule has 0 N–H and O–H groups in total. The maximum absolute atomic E-state index is 12.1. The summed E-state index contributed by atoms with van der Waals surface area (Å²) in [6, 6.07) is 10.7. The highest BCUT2D eigenvalue weighted by atomic mass is 16.7. The van der Waals surface area contributed by atoms with Crippen molar-refractivity contribution in [3.05, 3.63) is 53.1 Å². The average molecular weight is 356 g/mol. The van der Waals surface area contributed by atoms with Gasteiger partial charge in [-0.15, -0.1) is 0 Å². The molecule has 0 saturated heterocycles. The second kappa shape index (κ2) is 7.91. The van der Waals surface area contributed by atoms with Crippen molar-refractivity contribution in [3.63, 3.8) is 0 Å². The van der Waals surface area contributed by atoms with Crippen molar-refractivity contribution in [2.45, 2.75) is 20.3 Å². The largest absolute Gasteiger partial charge is 0.493 e. The number of Topliss-reactive ketones (excluding diaryl/α,β-unsaturated/α-hetero) is 1. The second-order valence-corrected chi connectivity index (χ2v) is 6.02.